The van der Waals surface area contributed by atoms with Gasteiger partial charge in [0.2, 0.25) is 5.91 Å². The third-order valence-corrected chi connectivity index (χ3v) is 3.54. The van der Waals surface area contributed by atoms with Crippen LogP contribution in [0.4, 0.5) is 4.39 Å². The van der Waals surface area contributed by atoms with Gasteiger partial charge < -0.3 is 10.4 Å². The van der Waals surface area contributed by atoms with Crippen molar-refractivity contribution in [2.24, 2.45) is 5.92 Å². The van der Waals surface area contributed by atoms with Gasteiger partial charge >= 0.3 is 0 Å². The van der Waals surface area contributed by atoms with Crippen LogP contribution in [0.3, 0.4) is 0 Å². The Morgan fingerprint density at radius 2 is 2.37 bits per heavy atom. The van der Waals surface area contributed by atoms with Crippen LogP contribution in [-0.2, 0) is 4.79 Å². The van der Waals surface area contributed by atoms with Crippen LogP contribution in [0.25, 0.3) is 0 Å². The molecule has 3 nitrogen and oxygen atoms in total. The molecule has 1 aromatic carbocycles. The average Bonchev–Trinajstić information content (AvgIpc) is 3.07. The molecule has 3 atom stereocenters. The van der Waals surface area contributed by atoms with Crippen LogP contribution in [0.5, 0.6) is 0 Å². The van der Waals surface area contributed by atoms with E-state index in [9.17, 15) is 14.3 Å². The molecule has 0 radical (unpaired) electrons. The number of hydrogen-bond acceptors (Lipinski definition) is 2. The standard InChI is InChI=1S/C15H20FNO2/c1-2-4-10-8-13(10)17-15(19)9-14(18)11-5-3-6-12(16)7-11/h3,5-7,10,13-14,18H,2,4,8-9H2,1H3,(H,17,19). The smallest absolute Gasteiger partial charge is 0.223 e. The van der Waals surface area contributed by atoms with Gasteiger partial charge in [0.25, 0.3) is 0 Å². The summed E-state index contributed by atoms with van der Waals surface area (Å²) >= 11 is 0. The molecule has 2 rings (SSSR count). The summed E-state index contributed by atoms with van der Waals surface area (Å²) in [5.74, 6) is 0.0304. The van der Waals surface area contributed by atoms with Crippen molar-refractivity contribution in [2.45, 2.75) is 44.8 Å². The normalized spacial score (nSPS) is 22.9. The van der Waals surface area contributed by atoms with Gasteiger partial charge in [0.1, 0.15) is 5.82 Å². The van der Waals surface area contributed by atoms with Gasteiger partial charge in [-0.05, 0) is 36.5 Å². The van der Waals surface area contributed by atoms with E-state index in [1.165, 1.54) is 18.2 Å². The Bertz CT molecular complexity index is 450. The number of amides is 1. The molecule has 1 aromatic rings. The highest BCUT2D eigenvalue weighted by atomic mass is 19.1. The minimum absolute atomic E-state index is 0.0151. The molecule has 1 amide bonds. The van der Waals surface area contributed by atoms with Crippen LogP contribution in [0.15, 0.2) is 24.3 Å². The van der Waals surface area contributed by atoms with E-state index in [1.807, 2.05) is 0 Å². The first kappa shape index (κ1) is 14.0. The fraction of sp³-hybridized carbons (Fsp3) is 0.533. The second-order valence-electron chi connectivity index (χ2n) is 5.23. The molecule has 2 N–H and O–H groups in total. The zero-order valence-electron chi connectivity index (χ0n) is 11.1. The zero-order chi connectivity index (χ0) is 13.8. The second-order valence-corrected chi connectivity index (χ2v) is 5.23. The molecule has 4 heteroatoms. The van der Waals surface area contributed by atoms with Crippen molar-refractivity contribution in [3.63, 3.8) is 0 Å². The first-order valence-electron chi connectivity index (χ1n) is 6.83. The van der Waals surface area contributed by atoms with Crippen LogP contribution >= 0.6 is 0 Å². The Morgan fingerprint density at radius 1 is 1.58 bits per heavy atom. The van der Waals surface area contributed by atoms with Gasteiger partial charge in [-0.15, -0.1) is 0 Å². The maximum absolute atomic E-state index is 13.0. The second kappa shape index (κ2) is 6.15. The fourth-order valence-electron chi connectivity index (χ4n) is 2.39. The Morgan fingerprint density at radius 3 is 3.05 bits per heavy atom. The monoisotopic (exact) mass is 265 g/mol. The topological polar surface area (TPSA) is 49.3 Å². The highest BCUT2D eigenvalue weighted by Crippen LogP contribution is 2.34. The van der Waals surface area contributed by atoms with Crippen molar-refractivity contribution < 1.29 is 14.3 Å². The number of benzene rings is 1. The molecule has 1 saturated carbocycles. The highest BCUT2D eigenvalue weighted by molar-refractivity contribution is 5.77. The number of carbonyl (C=O) groups is 1. The number of nitrogens with one attached hydrogen (secondary N) is 1. The Kier molecular flexibility index (Phi) is 4.53. The van der Waals surface area contributed by atoms with Crippen LogP contribution in [0, 0.1) is 11.7 Å². The highest BCUT2D eigenvalue weighted by Gasteiger charge is 2.37. The molecule has 0 aromatic heterocycles. The molecule has 3 unspecified atom stereocenters. The molecule has 0 heterocycles. The van der Waals surface area contributed by atoms with E-state index in [-0.39, 0.29) is 18.4 Å². The first-order valence-corrected chi connectivity index (χ1v) is 6.83. The van der Waals surface area contributed by atoms with E-state index in [2.05, 4.69) is 12.2 Å². The zero-order valence-corrected chi connectivity index (χ0v) is 11.1. The minimum atomic E-state index is -0.945. The maximum atomic E-state index is 13.0. The summed E-state index contributed by atoms with van der Waals surface area (Å²) in [7, 11) is 0. The predicted molar refractivity (Wildman–Crippen MR) is 70.9 cm³/mol. The number of aliphatic hydroxyl groups excluding tert-OH is 1. The number of hydrogen-bond donors (Lipinski definition) is 2. The van der Waals surface area contributed by atoms with Gasteiger partial charge in [0, 0.05) is 6.04 Å². The quantitative estimate of drug-likeness (QED) is 0.830. The van der Waals surface area contributed by atoms with Gasteiger partial charge in [-0.2, -0.15) is 0 Å². The molecule has 0 bridgehead atoms. The molecule has 1 fully saturated rings. The Labute approximate surface area is 112 Å². The number of carbonyl (C=O) groups excluding carboxylic acids is 1. The van der Waals surface area contributed by atoms with E-state index in [1.54, 1.807) is 6.07 Å². The van der Waals surface area contributed by atoms with E-state index in [0.29, 0.717) is 11.5 Å². The summed E-state index contributed by atoms with van der Waals surface area (Å²) in [5.41, 5.74) is 0.441. The Hall–Kier alpha value is -1.42. The van der Waals surface area contributed by atoms with Gasteiger partial charge in [0.05, 0.1) is 12.5 Å². The van der Waals surface area contributed by atoms with Crippen molar-refractivity contribution in [3.05, 3.63) is 35.6 Å². The minimum Gasteiger partial charge on any atom is -0.388 e. The van der Waals surface area contributed by atoms with Crippen LogP contribution in [-0.4, -0.2) is 17.1 Å². The lowest BCUT2D eigenvalue weighted by Crippen LogP contribution is -2.28. The molecule has 1 aliphatic carbocycles. The van der Waals surface area contributed by atoms with Crippen molar-refractivity contribution in [1.82, 2.24) is 5.32 Å². The maximum Gasteiger partial charge on any atom is 0.223 e. The van der Waals surface area contributed by atoms with E-state index >= 15 is 0 Å². The first-order chi connectivity index (χ1) is 9.10. The number of halogens is 1. The van der Waals surface area contributed by atoms with Crippen molar-refractivity contribution in [2.75, 3.05) is 0 Å². The summed E-state index contributed by atoms with van der Waals surface area (Å²) < 4.78 is 13.0. The largest absolute Gasteiger partial charge is 0.388 e. The molecule has 1 aliphatic rings. The van der Waals surface area contributed by atoms with Crippen LogP contribution in [0.1, 0.15) is 44.3 Å². The summed E-state index contributed by atoms with van der Waals surface area (Å²) in [6.45, 7) is 2.13. The number of aliphatic hydroxyl groups is 1. The lowest BCUT2D eigenvalue weighted by molar-refractivity contribution is -0.123. The molecule has 0 aliphatic heterocycles. The van der Waals surface area contributed by atoms with E-state index in [4.69, 9.17) is 0 Å². The van der Waals surface area contributed by atoms with Crippen molar-refractivity contribution >= 4 is 5.91 Å². The lowest BCUT2D eigenvalue weighted by atomic mass is 10.1. The third-order valence-electron chi connectivity index (χ3n) is 3.54. The van der Waals surface area contributed by atoms with Gasteiger partial charge in [0.15, 0.2) is 0 Å². The average molecular weight is 265 g/mol. The SMILES string of the molecule is CCCC1CC1NC(=O)CC(O)c1cccc(F)c1. The molecular formula is C15H20FNO2. The van der Waals surface area contributed by atoms with Gasteiger partial charge in [-0.25, -0.2) is 4.39 Å². The van der Waals surface area contributed by atoms with Gasteiger partial charge in [-0.3, -0.25) is 4.79 Å². The molecule has 0 saturated heterocycles. The fourth-order valence-corrected chi connectivity index (χ4v) is 2.39. The Balaban J connectivity index is 1.79. The van der Waals surface area contributed by atoms with E-state index in [0.717, 1.165) is 19.3 Å². The van der Waals surface area contributed by atoms with E-state index < -0.39 is 11.9 Å². The van der Waals surface area contributed by atoms with Crippen molar-refractivity contribution in [3.8, 4) is 0 Å². The molecular weight excluding hydrogens is 245 g/mol. The summed E-state index contributed by atoms with van der Waals surface area (Å²) in [4.78, 5) is 11.7. The summed E-state index contributed by atoms with van der Waals surface area (Å²) in [5, 5.41) is 12.8. The summed E-state index contributed by atoms with van der Waals surface area (Å²) in [6.07, 6.45) is 2.34. The lowest BCUT2D eigenvalue weighted by Gasteiger charge is -2.11. The predicted octanol–water partition coefficient (Wildman–Crippen LogP) is 2.55. The third kappa shape index (κ3) is 4.03. The van der Waals surface area contributed by atoms with Crippen LogP contribution in [0.2, 0.25) is 0 Å². The van der Waals surface area contributed by atoms with Crippen molar-refractivity contribution in [1.29, 1.82) is 0 Å². The summed E-state index contributed by atoms with van der Waals surface area (Å²) in [6, 6.07) is 6.00. The number of rotatable bonds is 6. The van der Waals surface area contributed by atoms with Crippen LogP contribution < -0.4 is 5.32 Å². The molecule has 19 heavy (non-hydrogen) atoms. The molecule has 104 valence electrons. The molecule has 0 spiro atoms. The van der Waals surface area contributed by atoms with Gasteiger partial charge in [-0.1, -0.05) is 25.5 Å².